The zero-order chi connectivity index (χ0) is 21.0. The van der Waals surface area contributed by atoms with Crippen LogP contribution in [0.3, 0.4) is 0 Å². The van der Waals surface area contributed by atoms with Gasteiger partial charge >= 0.3 is 0 Å². The van der Waals surface area contributed by atoms with Crippen molar-refractivity contribution >= 4 is 51.4 Å². The molecule has 1 amide bonds. The van der Waals surface area contributed by atoms with Gasteiger partial charge in [0, 0.05) is 17.5 Å². The quantitative estimate of drug-likeness (QED) is 0.621. The van der Waals surface area contributed by atoms with Crippen LogP contribution >= 0.6 is 23.4 Å². The van der Waals surface area contributed by atoms with E-state index in [4.69, 9.17) is 21.6 Å². The minimum Gasteiger partial charge on any atom is -0.353 e. The minimum absolute atomic E-state index is 0.0292. The summed E-state index contributed by atoms with van der Waals surface area (Å²) < 4.78 is 0. The lowest BCUT2D eigenvalue weighted by molar-refractivity contribution is -0.119. The van der Waals surface area contributed by atoms with Crippen LogP contribution in [0.5, 0.6) is 0 Å². The lowest BCUT2D eigenvalue weighted by Crippen LogP contribution is -2.33. The third-order valence-electron chi connectivity index (χ3n) is 4.98. The van der Waals surface area contributed by atoms with E-state index in [9.17, 15) is 4.79 Å². The molecule has 0 bridgehead atoms. The standard InChI is InChI=1S/C23H26ClN3OS/c1-5-16(4)25-22(28)13-29-23-12-19(17-6-8-18(24)9-7-17)26-20-10-14(2)15(3)11-21(20)27-23/h6-11,16H,5,12-13H2,1-4H3,(H,25,28)/t16-/m0/s1. The Hall–Kier alpha value is -2.11. The van der Waals surface area contributed by atoms with Gasteiger partial charge in [0.2, 0.25) is 5.91 Å². The van der Waals surface area contributed by atoms with Crippen molar-refractivity contribution in [3.8, 4) is 0 Å². The minimum atomic E-state index is 0.0292. The highest BCUT2D eigenvalue weighted by atomic mass is 35.5. The number of hydrogen-bond acceptors (Lipinski definition) is 4. The average molecular weight is 428 g/mol. The van der Waals surface area contributed by atoms with E-state index in [1.165, 1.54) is 22.9 Å². The third kappa shape index (κ3) is 5.71. The second-order valence-electron chi connectivity index (χ2n) is 7.34. The van der Waals surface area contributed by atoms with Crippen LogP contribution < -0.4 is 5.32 Å². The number of amides is 1. The molecule has 1 heterocycles. The van der Waals surface area contributed by atoms with Crippen molar-refractivity contribution in [3.05, 3.63) is 58.1 Å². The van der Waals surface area contributed by atoms with Crippen LogP contribution in [-0.2, 0) is 4.79 Å². The molecular weight excluding hydrogens is 402 g/mol. The second kappa shape index (κ2) is 9.59. The number of nitrogens with one attached hydrogen (secondary N) is 1. The maximum atomic E-state index is 12.2. The van der Waals surface area contributed by atoms with Gasteiger partial charge in [-0.1, -0.05) is 30.7 Å². The fraction of sp³-hybridized carbons (Fsp3) is 0.348. The smallest absolute Gasteiger partial charge is 0.230 e. The Bertz CT molecular complexity index is 967. The maximum absolute atomic E-state index is 12.2. The number of carbonyl (C=O) groups is 1. The normalized spacial score (nSPS) is 14.4. The van der Waals surface area contributed by atoms with Crippen molar-refractivity contribution < 1.29 is 4.79 Å². The summed E-state index contributed by atoms with van der Waals surface area (Å²) in [4.78, 5) is 22.0. The molecule has 0 saturated carbocycles. The van der Waals surface area contributed by atoms with Crippen molar-refractivity contribution in [2.75, 3.05) is 5.75 Å². The number of aliphatic imine (C=N–C) groups is 2. The predicted molar refractivity (Wildman–Crippen MR) is 126 cm³/mol. The molecule has 1 aliphatic heterocycles. The first kappa shape index (κ1) is 21.6. The lowest BCUT2D eigenvalue weighted by Gasteiger charge is -2.12. The molecular formula is C23H26ClN3OS. The molecule has 29 heavy (non-hydrogen) atoms. The van der Waals surface area contributed by atoms with E-state index in [-0.39, 0.29) is 11.9 Å². The van der Waals surface area contributed by atoms with Crippen LogP contribution in [0, 0.1) is 13.8 Å². The largest absolute Gasteiger partial charge is 0.353 e. The molecule has 1 atom stereocenters. The number of carbonyl (C=O) groups excluding carboxylic acids is 1. The summed E-state index contributed by atoms with van der Waals surface area (Å²) in [6, 6.07) is 12.0. The van der Waals surface area contributed by atoms with Crippen molar-refractivity contribution in [3.63, 3.8) is 0 Å². The molecule has 2 aromatic rings. The van der Waals surface area contributed by atoms with Crippen molar-refractivity contribution in [1.82, 2.24) is 5.32 Å². The molecule has 0 aromatic heterocycles. The highest BCUT2D eigenvalue weighted by Gasteiger charge is 2.18. The number of aryl methyl sites for hydroxylation is 2. The van der Waals surface area contributed by atoms with Gasteiger partial charge in [-0.25, -0.2) is 4.99 Å². The zero-order valence-corrected chi connectivity index (χ0v) is 18.8. The van der Waals surface area contributed by atoms with Crippen LogP contribution in [0.2, 0.25) is 5.02 Å². The average Bonchev–Trinajstić information content (AvgIpc) is 2.86. The van der Waals surface area contributed by atoms with E-state index >= 15 is 0 Å². The number of thioether (sulfide) groups is 1. The first-order valence-electron chi connectivity index (χ1n) is 9.80. The first-order valence-corrected chi connectivity index (χ1v) is 11.2. The van der Waals surface area contributed by atoms with Crippen molar-refractivity contribution in [2.24, 2.45) is 9.98 Å². The molecule has 152 valence electrons. The number of fused-ring (bicyclic) bond motifs is 1. The summed E-state index contributed by atoms with van der Waals surface area (Å²) in [6.07, 6.45) is 1.49. The lowest BCUT2D eigenvalue weighted by atomic mass is 10.1. The number of nitrogens with zero attached hydrogens (tertiary/aromatic N) is 2. The molecule has 0 unspecified atom stereocenters. The topological polar surface area (TPSA) is 53.8 Å². The second-order valence-corrected chi connectivity index (χ2v) is 8.82. The number of hydrogen-bond donors (Lipinski definition) is 1. The summed E-state index contributed by atoms with van der Waals surface area (Å²) >= 11 is 7.53. The molecule has 0 fully saturated rings. The molecule has 4 nitrogen and oxygen atoms in total. The molecule has 1 N–H and O–H groups in total. The molecule has 0 saturated heterocycles. The summed E-state index contributed by atoms with van der Waals surface area (Å²) in [6.45, 7) is 8.23. The fourth-order valence-corrected chi connectivity index (χ4v) is 3.84. The Morgan fingerprint density at radius 3 is 2.38 bits per heavy atom. The third-order valence-corrected chi connectivity index (χ3v) is 6.20. The number of halogens is 1. The van der Waals surface area contributed by atoms with Crippen molar-refractivity contribution in [1.29, 1.82) is 0 Å². The monoisotopic (exact) mass is 427 g/mol. The van der Waals surface area contributed by atoms with Crippen molar-refractivity contribution in [2.45, 2.75) is 46.6 Å². The molecule has 6 heteroatoms. The van der Waals surface area contributed by atoms with Crippen LogP contribution in [-0.4, -0.2) is 28.5 Å². The summed E-state index contributed by atoms with van der Waals surface area (Å²) in [5.41, 5.74) is 6.01. The Labute approximate surface area is 181 Å². The Morgan fingerprint density at radius 2 is 1.76 bits per heavy atom. The van der Waals surface area contributed by atoms with E-state index in [2.05, 4.69) is 38.2 Å². The molecule has 0 radical (unpaired) electrons. The molecule has 2 aromatic carbocycles. The van der Waals surface area contributed by atoms with E-state index in [1.54, 1.807) is 0 Å². The highest BCUT2D eigenvalue weighted by molar-refractivity contribution is 8.14. The first-order chi connectivity index (χ1) is 13.9. The van der Waals surface area contributed by atoms with Gasteiger partial charge in [0.05, 0.1) is 27.9 Å². The van der Waals surface area contributed by atoms with Gasteiger partial charge < -0.3 is 5.32 Å². The summed E-state index contributed by atoms with van der Waals surface area (Å²) in [5, 5.41) is 4.59. The van der Waals surface area contributed by atoms with Gasteiger partial charge in [0.1, 0.15) is 0 Å². The van der Waals surface area contributed by atoms with Gasteiger partial charge in [0.25, 0.3) is 0 Å². The zero-order valence-electron chi connectivity index (χ0n) is 17.3. The van der Waals surface area contributed by atoms with Gasteiger partial charge in [0.15, 0.2) is 0 Å². The predicted octanol–water partition coefficient (Wildman–Crippen LogP) is 6.16. The highest BCUT2D eigenvalue weighted by Crippen LogP contribution is 2.36. The van der Waals surface area contributed by atoms with Gasteiger partial charge in [-0.2, -0.15) is 0 Å². The van der Waals surface area contributed by atoms with Crippen LogP contribution in [0.25, 0.3) is 0 Å². The van der Waals surface area contributed by atoms with Crippen LogP contribution in [0.15, 0.2) is 46.4 Å². The Kier molecular flexibility index (Phi) is 7.14. The van der Waals surface area contributed by atoms with E-state index < -0.39 is 0 Å². The molecule has 0 aliphatic carbocycles. The van der Waals surface area contributed by atoms with Gasteiger partial charge in [-0.05, 0) is 68.1 Å². The Morgan fingerprint density at radius 1 is 1.14 bits per heavy atom. The number of rotatable bonds is 5. The maximum Gasteiger partial charge on any atom is 0.230 e. The number of benzene rings is 2. The molecule has 1 aliphatic rings. The SMILES string of the molecule is CC[C@H](C)NC(=O)CSC1=Nc2cc(C)c(C)cc2N=C(c2ccc(Cl)cc2)C1. The Balaban J connectivity index is 1.91. The van der Waals surface area contributed by atoms with E-state index in [0.717, 1.165) is 34.1 Å². The van der Waals surface area contributed by atoms with Gasteiger partial charge in [-0.3, -0.25) is 9.79 Å². The summed E-state index contributed by atoms with van der Waals surface area (Å²) in [5.74, 6) is 0.374. The van der Waals surface area contributed by atoms with Crippen LogP contribution in [0.4, 0.5) is 11.4 Å². The van der Waals surface area contributed by atoms with Crippen LogP contribution in [0.1, 0.15) is 43.4 Å². The molecule has 0 spiro atoms. The summed E-state index contributed by atoms with van der Waals surface area (Å²) in [7, 11) is 0. The van der Waals surface area contributed by atoms with E-state index in [1.807, 2.05) is 31.2 Å². The fourth-order valence-electron chi connectivity index (χ4n) is 2.93. The molecule has 3 rings (SSSR count). The van der Waals surface area contributed by atoms with E-state index in [0.29, 0.717) is 17.2 Å². The van der Waals surface area contributed by atoms with Gasteiger partial charge in [-0.15, -0.1) is 11.8 Å².